The first-order valence-electron chi connectivity index (χ1n) is 11.8. The van der Waals surface area contributed by atoms with Crippen molar-refractivity contribution in [2.75, 3.05) is 25.4 Å². The number of halogens is 1. The molecule has 2 aliphatic heterocycles. The normalized spacial score (nSPS) is 15.9. The molecule has 180 valence electrons. The first-order valence-corrected chi connectivity index (χ1v) is 11.8. The molecule has 7 nitrogen and oxygen atoms in total. The molecule has 1 saturated heterocycles. The fraction of sp³-hybridized carbons (Fsp3) is 0.296. The molecule has 3 heterocycles. The van der Waals surface area contributed by atoms with E-state index in [2.05, 4.69) is 10.3 Å². The van der Waals surface area contributed by atoms with Crippen molar-refractivity contribution in [3.8, 4) is 28.0 Å². The van der Waals surface area contributed by atoms with Crippen LogP contribution in [0.4, 0.5) is 10.2 Å². The minimum absolute atomic E-state index is 0.0454. The van der Waals surface area contributed by atoms with Gasteiger partial charge >= 0.3 is 0 Å². The Bertz CT molecular complexity index is 1280. The van der Waals surface area contributed by atoms with Crippen LogP contribution in [0.3, 0.4) is 0 Å². The largest absolute Gasteiger partial charge is 0.490 e. The maximum Gasteiger partial charge on any atom is 0.251 e. The topological polar surface area (TPSA) is 97.5 Å². The van der Waals surface area contributed by atoms with Gasteiger partial charge in [0.1, 0.15) is 17.7 Å². The molecule has 8 heteroatoms. The second-order valence-corrected chi connectivity index (χ2v) is 8.99. The summed E-state index contributed by atoms with van der Waals surface area (Å²) in [7, 11) is 0. The third-order valence-electron chi connectivity index (χ3n) is 6.70. The Morgan fingerprint density at radius 2 is 1.77 bits per heavy atom. The van der Waals surface area contributed by atoms with Gasteiger partial charge in [0, 0.05) is 56.1 Å². The zero-order valence-electron chi connectivity index (χ0n) is 19.5. The van der Waals surface area contributed by atoms with Gasteiger partial charge in [-0.05, 0) is 47.4 Å². The molecule has 1 aromatic heterocycles. The van der Waals surface area contributed by atoms with Crippen molar-refractivity contribution in [2.24, 2.45) is 0 Å². The summed E-state index contributed by atoms with van der Waals surface area (Å²) in [5.74, 6) is 0.159. The number of carbonyl (C=O) groups excluding carboxylic acids is 2. The molecule has 1 fully saturated rings. The number of nitrogens with zero attached hydrogens (tertiary/aromatic N) is 2. The fourth-order valence-electron chi connectivity index (χ4n) is 4.73. The van der Waals surface area contributed by atoms with Crippen LogP contribution < -0.4 is 15.8 Å². The molecule has 3 N–H and O–H groups in total. The number of fused-ring (bicyclic) bond motifs is 1. The SMILES string of the molecule is CC(=O)N1CCC(Oc2ccc(-c3cc(-c4ccc5c(c4)CCNC5=O)c(N)nc3F)cc2)CC1. The number of nitrogens with two attached hydrogens (primary N) is 1. The Labute approximate surface area is 203 Å². The van der Waals surface area contributed by atoms with Crippen molar-refractivity contribution < 1.29 is 18.7 Å². The molecular weight excluding hydrogens is 447 g/mol. The number of carbonyl (C=O) groups is 2. The summed E-state index contributed by atoms with van der Waals surface area (Å²) in [6, 6.07) is 14.5. The maximum absolute atomic E-state index is 14.8. The van der Waals surface area contributed by atoms with E-state index in [1.807, 2.05) is 29.2 Å². The minimum atomic E-state index is -0.645. The van der Waals surface area contributed by atoms with Gasteiger partial charge < -0.3 is 20.7 Å². The predicted molar refractivity (Wildman–Crippen MR) is 131 cm³/mol. The van der Waals surface area contributed by atoms with Crippen LogP contribution in [0.15, 0.2) is 48.5 Å². The summed E-state index contributed by atoms with van der Waals surface area (Å²) >= 11 is 0. The van der Waals surface area contributed by atoms with Gasteiger partial charge in [0.15, 0.2) is 0 Å². The average Bonchev–Trinajstić information content (AvgIpc) is 2.85. The highest BCUT2D eigenvalue weighted by molar-refractivity contribution is 5.97. The number of rotatable bonds is 4. The van der Waals surface area contributed by atoms with Crippen molar-refractivity contribution in [3.63, 3.8) is 0 Å². The Morgan fingerprint density at radius 1 is 1.06 bits per heavy atom. The summed E-state index contributed by atoms with van der Waals surface area (Å²) in [5, 5.41) is 2.83. The minimum Gasteiger partial charge on any atom is -0.490 e. The molecule has 3 aromatic rings. The van der Waals surface area contributed by atoms with Gasteiger partial charge in [0.2, 0.25) is 11.9 Å². The number of hydrogen-bond acceptors (Lipinski definition) is 5. The van der Waals surface area contributed by atoms with Crippen molar-refractivity contribution in [1.29, 1.82) is 0 Å². The van der Waals surface area contributed by atoms with Crippen LogP contribution >= 0.6 is 0 Å². The van der Waals surface area contributed by atoms with Crippen LogP contribution in [0.5, 0.6) is 5.75 Å². The number of piperidine rings is 1. The van der Waals surface area contributed by atoms with Crippen LogP contribution in [0.1, 0.15) is 35.7 Å². The molecule has 0 spiro atoms. The van der Waals surface area contributed by atoms with Crippen LogP contribution in [0.25, 0.3) is 22.3 Å². The van der Waals surface area contributed by atoms with Crippen molar-refractivity contribution in [1.82, 2.24) is 15.2 Å². The molecule has 0 aliphatic carbocycles. The lowest BCUT2D eigenvalue weighted by molar-refractivity contribution is -0.130. The molecule has 2 aliphatic rings. The molecule has 5 rings (SSSR count). The average molecular weight is 475 g/mol. The fourth-order valence-corrected chi connectivity index (χ4v) is 4.73. The first kappa shape index (κ1) is 22.8. The highest BCUT2D eigenvalue weighted by Crippen LogP contribution is 2.34. The molecular formula is C27H27FN4O3. The molecule has 0 bridgehead atoms. The number of anilines is 1. The van der Waals surface area contributed by atoms with E-state index in [-0.39, 0.29) is 23.7 Å². The highest BCUT2D eigenvalue weighted by atomic mass is 19.1. The van der Waals surface area contributed by atoms with E-state index >= 15 is 0 Å². The number of benzene rings is 2. The predicted octanol–water partition coefficient (Wildman–Crippen LogP) is 3.81. The Hall–Kier alpha value is -3.94. The lowest BCUT2D eigenvalue weighted by Crippen LogP contribution is -2.40. The highest BCUT2D eigenvalue weighted by Gasteiger charge is 2.22. The zero-order valence-corrected chi connectivity index (χ0v) is 19.5. The summed E-state index contributed by atoms with van der Waals surface area (Å²) in [6.45, 7) is 3.55. The molecule has 35 heavy (non-hydrogen) atoms. The van der Waals surface area contributed by atoms with Gasteiger partial charge in [-0.25, -0.2) is 4.98 Å². The third-order valence-corrected chi connectivity index (χ3v) is 6.70. The molecule has 2 amide bonds. The van der Waals surface area contributed by atoms with Crippen LogP contribution in [-0.4, -0.2) is 47.4 Å². The molecule has 0 unspecified atom stereocenters. The number of nitrogen functional groups attached to an aromatic ring is 1. The lowest BCUT2D eigenvalue weighted by Gasteiger charge is -2.31. The molecule has 0 radical (unpaired) electrons. The Balaban J connectivity index is 1.36. The summed E-state index contributed by atoms with van der Waals surface area (Å²) in [5.41, 5.74) is 10.1. The zero-order chi connectivity index (χ0) is 24.5. The van der Waals surface area contributed by atoms with Crippen molar-refractivity contribution >= 4 is 17.6 Å². The summed E-state index contributed by atoms with van der Waals surface area (Å²) in [4.78, 5) is 29.3. The van der Waals surface area contributed by atoms with E-state index in [1.165, 1.54) is 0 Å². The van der Waals surface area contributed by atoms with Gasteiger partial charge in [0.25, 0.3) is 5.91 Å². The summed E-state index contributed by atoms with van der Waals surface area (Å²) < 4.78 is 20.9. The number of nitrogens with one attached hydrogen (secondary N) is 1. The van der Waals surface area contributed by atoms with Gasteiger partial charge in [-0.2, -0.15) is 4.39 Å². The van der Waals surface area contributed by atoms with Crippen molar-refractivity contribution in [3.05, 3.63) is 65.6 Å². The van der Waals surface area contributed by atoms with Crippen LogP contribution in [-0.2, 0) is 11.2 Å². The van der Waals surface area contributed by atoms with Gasteiger partial charge in [0.05, 0.1) is 0 Å². The number of pyridine rings is 1. The number of ether oxygens (including phenoxy) is 1. The van der Waals surface area contributed by atoms with Crippen molar-refractivity contribution in [2.45, 2.75) is 32.3 Å². The Kier molecular flexibility index (Phi) is 6.11. The van der Waals surface area contributed by atoms with Gasteiger partial charge in [-0.15, -0.1) is 0 Å². The standard InChI is InChI=1S/C27H27FN4O3/c1-16(33)32-12-9-21(10-13-32)35-20-5-2-17(3-6-20)23-15-24(26(29)31-25(23)28)18-4-7-22-19(14-18)8-11-30-27(22)34/h2-7,14-15,21H,8-13H2,1H3,(H2,29,31)(H,30,34). The number of hydrogen-bond donors (Lipinski definition) is 2. The molecule has 0 saturated carbocycles. The van der Waals surface area contributed by atoms with E-state index in [9.17, 15) is 14.0 Å². The van der Waals surface area contributed by atoms with Gasteiger partial charge in [-0.3, -0.25) is 9.59 Å². The summed E-state index contributed by atoms with van der Waals surface area (Å²) in [6.07, 6.45) is 2.34. The third kappa shape index (κ3) is 4.69. The first-order chi connectivity index (χ1) is 16.9. The molecule has 2 aromatic carbocycles. The van der Waals surface area contributed by atoms with E-state index in [4.69, 9.17) is 10.5 Å². The smallest absolute Gasteiger partial charge is 0.251 e. The second kappa shape index (κ2) is 9.37. The number of likely N-dealkylation sites (tertiary alicyclic amines) is 1. The maximum atomic E-state index is 14.8. The monoisotopic (exact) mass is 474 g/mol. The number of aromatic nitrogens is 1. The van der Waals surface area contributed by atoms with Crippen LogP contribution in [0.2, 0.25) is 0 Å². The number of amides is 2. The second-order valence-electron chi connectivity index (χ2n) is 8.99. The van der Waals surface area contributed by atoms with E-state index in [0.29, 0.717) is 47.6 Å². The molecule has 0 atom stereocenters. The van der Waals surface area contributed by atoms with E-state index in [0.717, 1.165) is 30.4 Å². The van der Waals surface area contributed by atoms with E-state index in [1.54, 1.807) is 31.2 Å². The quantitative estimate of drug-likeness (QED) is 0.561. The Morgan fingerprint density at radius 3 is 2.49 bits per heavy atom. The lowest BCUT2D eigenvalue weighted by atomic mass is 9.94. The van der Waals surface area contributed by atoms with Gasteiger partial charge in [-0.1, -0.05) is 24.3 Å². The van der Waals surface area contributed by atoms with E-state index < -0.39 is 5.95 Å². The van der Waals surface area contributed by atoms with Crippen LogP contribution in [0, 0.1) is 5.95 Å².